The Morgan fingerprint density at radius 1 is 1.12 bits per heavy atom. The summed E-state index contributed by atoms with van der Waals surface area (Å²) in [5, 5.41) is 0. The van der Waals surface area contributed by atoms with Crippen molar-refractivity contribution in [2.75, 3.05) is 45.5 Å². The van der Waals surface area contributed by atoms with Crippen LogP contribution in [-0.2, 0) is 21.4 Å². The second kappa shape index (κ2) is 8.78. The minimum Gasteiger partial charge on any atom is -0.340 e. The second-order valence-electron chi connectivity index (χ2n) is 6.65. The van der Waals surface area contributed by atoms with E-state index in [9.17, 15) is 13.2 Å². The second-order valence-corrected chi connectivity index (χ2v) is 8.63. The summed E-state index contributed by atoms with van der Waals surface area (Å²) in [5.41, 5.74) is 2.07. The van der Waals surface area contributed by atoms with Gasteiger partial charge in [-0.25, -0.2) is 8.42 Å². The Balaban J connectivity index is 1.92. The van der Waals surface area contributed by atoms with Crippen LogP contribution in [0.1, 0.15) is 24.5 Å². The van der Waals surface area contributed by atoms with Crippen LogP contribution in [0.25, 0.3) is 0 Å². The van der Waals surface area contributed by atoms with Gasteiger partial charge in [0.1, 0.15) is 0 Å². The molecule has 0 unspecified atom stereocenters. The monoisotopic (exact) mass is 367 g/mol. The summed E-state index contributed by atoms with van der Waals surface area (Å²) in [6, 6.07) is 7.79. The number of piperazine rings is 1. The summed E-state index contributed by atoms with van der Waals surface area (Å²) >= 11 is 0. The number of carbonyl (C=O) groups excluding carboxylic acids is 1. The minimum absolute atomic E-state index is 0.0355. The van der Waals surface area contributed by atoms with E-state index >= 15 is 0 Å². The molecule has 2 rings (SSSR count). The molecule has 0 atom stereocenters. The zero-order chi connectivity index (χ0) is 18.4. The normalized spacial score (nSPS) is 16.4. The predicted octanol–water partition coefficient (Wildman–Crippen LogP) is 1.31. The van der Waals surface area contributed by atoms with Gasteiger partial charge in [-0.1, -0.05) is 36.8 Å². The van der Waals surface area contributed by atoms with Gasteiger partial charge in [-0.05, 0) is 19.0 Å². The Hall–Kier alpha value is -1.44. The summed E-state index contributed by atoms with van der Waals surface area (Å²) in [6.45, 7) is 8.87. The molecule has 0 bridgehead atoms. The lowest BCUT2D eigenvalue weighted by molar-refractivity contribution is -0.133. The Labute approximate surface area is 151 Å². The van der Waals surface area contributed by atoms with Gasteiger partial charge in [0, 0.05) is 45.7 Å². The highest BCUT2D eigenvalue weighted by molar-refractivity contribution is 7.88. The third-order valence-electron chi connectivity index (χ3n) is 4.70. The molecular formula is C18H29N3O3S. The molecule has 140 valence electrons. The SMILES string of the molecule is CCN1CCN(C(=O)CCN(Cc2ccc(C)cc2)S(C)(=O)=O)CC1. The van der Waals surface area contributed by atoms with Crippen molar-refractivity contribution in [3.05, 3.63) is 35.4 Å². The smallest absolute Gasteiger partial charge is 0.223 e. The first-order valence-corrected chi connectivity index (χ1v) is 10.6. The number of nitrogens with zero attached hydrogens (tertiary/aromatic N) is 3. The quantitative estimate of drug-likeness (QED) is 0.729. The largest absolute Gasteiger partial charge is 0.340 e. The van der Waals surface area contributed by atoms with Crippen molar-refractivity contribution in [3.8, 4) is 0 Å². The van der Waals surface area contributed by atoms with Crippen LogP contribution in [0.15, 0.2) is 24.3 Å². The molecule has 0 saturated carbocycles. The fourth-order valence-corrected chi connectivity index (χ4v) is 3.76. The summed E-state index contributed by atoms with van der Waals surface area (Å²) in [6.07, 6.45) is 1.43. The fourth-order valence-electron chi connectivity index (χ4n) is 2.95. The number of hydrogen-bond donors (Lipinski definition) is 0. The maximum absolute atomic E-state index is 12.4. The molecule has 0 N–H and O–H groups in total. The molecule has 1 saturated heterocycles. The topological polar surface area (TPSA) is 60.9 Å². The number of carbonyl (C=O) groups is 1. The highest BCUT2D eigenvalue weighted by atomic mass is 32.2. The maximum atomic E-state index is 12.4. The zero-order valence-electron chi connectivity index (χ0n) is 15.4. The molecular weight excluding hydrogens is 338 g/mol. The first kappa shape index (κ1) is 19.9. The molecule has 0 spiro atoms. The van der Waals surface area contributed by atoms with Gasteiger partial charge >= 0.3 is 0 Å². The Bertz CT molecular complexity index is 665. The van der Waals surface area contributed by atoms with Crippen LogP contribution in [-0.4, -0.2) is 74.0 Å². The molecule has 25 heavy (non-hydrogen) atoms. The van der Waals surface area contributed by atoms with Crippen LogP contribution in [0.2, 0.25) is 0 Å². The van der Waals surface area contributed by atoms with Crippen LogP contribution >= 0.6 is 0 Å². The van der Waals surface area contributed by atoms with Crippen molar-refractivity contribution in [2.45, 2.75) is 26.8 Å². The number of sulfonamides is 1. The van der Waals surface area contributed by atoms with E-state index in [1.54, 1.807) is 0 Å². The Morgan fingerprint density at radius 3 is 2.24 bits per heavy atom. The lowest BCUT2D eigenvalue weighted by Gasteiger charge is -2.34. The molecule has 7 heteroatoms. The molecule has 1 aromatic rings. The maximum Gasteiger partial charge on any atom is 0.223 e. The number of benzene rings is 1. The molecule has 1 aromatic carbocycles. The molecule has 1 heterocycles. The summed E-state index contributed by atoms with van der Waals surface area (Å²) in [7, 11) is -3.36. The predicted molar refractivity (Wildman–Crippen MR) is 99.7 cm³/mol. The van der Waals surface area contributed by atoms with Crippen LogP contribution in [0, 0.1) is 6.92 Å². The first-order chi connectivity index (χ1) is 11.8. The molecule has 1 aliphatic heterocycles. The van der Waals surface area contributed by atoms with Crippen LogP contribution < -0.4 is 0 Å². The Morgan fingerprint density at radius 2 is 1.72 bits per heavy atom. The van der Waals surface area contributed by atoms with Gasteiger partial charge in [-0.2, -0.15) is 4.31 Å². The van der Waals surface area contributed by atoms with Crippen molar-refractivity contribution in [1.82, 2.24) is 14.1 Å². The van der Waals surface area contributed by atoms with Gasteiger partial charge in [0.25, 0.3) is 0 Å². The van der Waals surface area contributed by atoms with Crippen molar-refractivity contribution in [3.63, 3.8) is 0 Å². The summed E-state index contributed by atoms with van der Waals surface area (Å²) < 4.78 is 25.5. The van der Waals surface area contributed by atoms with Crippen LogP contribution in [0.5, 0.6) is 0 Å². The third kappa shape index (κ3) is 6.09. The number of rotatable bonds is 7. The summed E-state index contributed by atoms with van der Waals surface area (Å²) in [5.74, 6) is 0.0355. The van der Waals surface area contributed by atoms with Crippen molar-refractivity contribution < 1.29 is 13.2 Å². The van der Waals surface area contributed by atoms with Crippen molar-refractivity contribution in [2.24, 2.45) is 0 Å². The minimum atomic E-state index is -3.36. The lowest BCUT2D eigenvalue weighted by Crippen LogP contribution is -2.49. The zero-order valence-corrected chi connectivity index (χ0v) is 16.3. The van der Waals surface area contributed by atoms with E-state index in [0.717, 1.165) is 43.9 Å². The highest BCUT2D eigenvalue weighted by Gasteiger charge is 2.23. The van der Waals surface area contributed by atoms with Crippen LogP contribution in [0.4, 0.5) is 0 Å². The van der Waals surface area contributed by atoms with Gasteiger partial charge in [-0.15, -0.1) is 0 Å². The Kier molecular flexibility index (Phi) is 6.98. The van der Waals surface area contributed by atoms with Crippen molar-refractivity contribution >= 4 is 15.9 Å². The van der Waals surface area contributed by atoms with E-state index < -0.39 is 10.0 Å². The van der Waals surface area contributed by atoms with Gasteiger partial charge in [0.2, 0.25) is 15.9 Å². The molecule has 6 nitrogen and oxygen atoms in total. The van der Waals surface area contributed by atoms with E-state index in [1.807, 2.05) is 36.1 Å². The van der Waals surface area contributed by atoms with E-state index in [4.69, 9.17) is 0 Å². The molecule has 0 radical (unpaired) electrons. The third-order valence-corrected chi connectivity index (χ3v) is 5.95. The van der Waals surface area contributed by atoms with E-state index in [1.165, 1.54) is 10.6 Å². The average molecular weight is 368 g/mol. The highest BCUT2D eigenvalue weighted by Crippen LogP contribution is 2.12. The van der Waals surface area contributed by atoms with E-state index in [-0.39, 0.29) is 18.9 Å². The van der Waals surface area contributed by atoms with Gasteiger partial charge in [-0.3, -0.25) is 4.79 Å². The first-order valence-electron chi connectivity index (χ1n) is 8.80. The lowest BCUT2D eigenvalue weighted by atomic mass is 10.1. The molecule has 1 amide bonds. The number of hydrogen-bond acceptors (Lipinski definition) is 4. The van der Waals surface area contributed by atoms with Gasteiger partial charge in [0.05, 0.1) is 6.26 Å². The standard InChI is InChI=1S/C18H29N3O3S/c1-4-19-11-13-20(14-12-19)18(22)9-10-21(25(3,23)24)15-17-7-5-16(2)6-8-17/h5-8H,4,9-15H2,1-3H3. The molecule has 1 fully saturated rings. The average Bonchev–Trinajstić information content (AvgIpc) is 2.59. The molecule has 1 aliphatic rings. The molecule has 0 aromatic heterocycles. The van der Waals surface area contributed by atoms with Crippen LogP contribution in [0.3, 0.4) is 0 Å². The van der Waals surface area contributed by atoms with Gasteiger partial charge < -0.3 is 9.80 Å². The summed E-state index contributed by atoms with van der Waals surface area (Å²) in [4.78, 5) is 16.6. The number of likely N-dealkylation sites (N-methyl/N-ethyl adjacent to an activating group) is 1. The number of amides is 1. The van der Waals surface area contributed by atoms with Gasteiger partial charge in [0.15, 0.2) is 0 Å². The van der Waals surface area contributed by atoms with Crippen molar-refractivity contribution in [1.29, 1.82) is 0 Å². The molecule has 0 aliphatic carbocycles. The van der Waals surface area contributed by atoms with E-state index in [0.29, 0.717) is 6.54 Å². The van der Waals surface area contributed by atoms with E-state index in [2.05, 4.69) is 11.8 Å². The number of aryl methyl sites for hydroxylation is 1. The fraction of sp³-hybridized carbons (Fsp3) is 0.611.